The molecule has 1 aromatic rings. The van der Waals surface area contributed by atoms with Gasteiger partial charge in [-0.2, -0.15) is 0 Å². The molecule has 3 N–H and O–H groups in total. The third-order valence-electron chi connectivity index (χ3n) is 1.66. The third kappa shape index (κ3) is 3.24. The molecule has 0 aliphatic rings. The van der Waals surface area contributed by atoms with Gasteiger partial charge in [-0.3, -0.25) is 4.57 Å². The second-order valence-corrected chi connectivity index (χ2v) is 9.37. The Morgan fingerprint density at radius 2 is 1.53 bits per heavy atom. The minimum atomic E-state index is -5.23. The van der Waals surface area contributed by atoms with E-state index in [0.29, 0.717) is 0 Å². The molecule has 0 aliphatic carbocycles. The standard InChI is InChI=1S/C7H8Cl2O6P2/c8-7(9,16(10,11)12)17(13,14)15-6-4-2-1-3-5-6/h1-5H,(H,13,14)(H2,10,11,12). The lowest BCUT2D eigenvalue weighted by atomic mass is 10.3. The average molecular weight is 321 g/mol. The second kappa shape index (κ2) is 4.90. The number of hydrogen-bond donors (Lipinski definition) is 3. The lowest BCUT2D eigenvalue weighted by Gasteiger charge is -2.25. The third-order valence-corrected chi connectivity index (χ3v) is 7.64. The van der Waals surface area contributed by atoms with Gasteiger partial charge in [0.05, 0.1) is 0 Å². The topological polar surface area (TPSA) is 104 Å². The fourth-order valence-corrected chi connectivity index (χ4v) is 3.01. The van der Waals surface area contributed by atoms with Crippen molar-refractivity contribution in [3.63, 3.8) is 0 Å². The van der Waals surface area contributed by atoms with E-state index < -0.39 is 19.0 Å². The van der Waals surface area contributed by atoms with Crippen molar-refractivity contribution in [1.29, 1.82) is 0 Å². The summed E-state index contributed by atoms with van der Waals surface area (Å²) in [6.07, 6.45) is 0. The van der Waals surface area contributed by atoms with E-state index in [0.717, 1.165) is 0 Å². The van der Waals surface area contributed by atoms with Gasteiger partial charge in [0.15, 0.2) is 0 Å². The van der Waals surface area contributed by atoms with Crippen molar-refractivity contribution in [1.82, 2.24) is 0 Å². The molecule has 0 heterocycles. The predicted octanol–water partition coefficient (Wildman–Crippen LogP) is 2.52. The van der Waals surface area contributed by atoms with Crippen LogP contribution in [0.25, 0.3) is 0 Å². The highest BCUT2D eigenvalue weighted by atomic mass is 35.5. The van der Waals surface area contributed by atoms with E-state index in [2.05, 4.69) is 4.52 Å². The highest BCUT2D eigenvalue weighted by Crippen LogP contribution is 2.75. The molecule has 96 valence electrons. The molecule has 0 saturated heterocycles. The SMILES string of the molecule is O=P(O)(O)C(Cl)(Cl)P(=O)(O)Oc1ccccc1. The molecule has 1 rings (SSSR count). The number of hydrogen-bond acceptors (Lipinski definition) is 3. The zero-order chi connectivity index (χ0) is 13.3. The van der Waals surface area contributed by atoms with Crippen LogP contribution in [0.5, 0.6) is 5.75 Å². The molecule has 0 amide bonds. The van der Waals surface area contributed by atoms with Gasteiger partial charge in [0, 0.05) is 0 Å². The van der Waals surface area contributed by atoms with Crippen LogP contribution < -0.4 is 4.52 Å². The van der Waals surface area contributed by atoms with Crippen LogP contribution >= 0.6 is 38.4 Å². The number of rotatable bonds is 4. The van der Waals surface area contributed by atoms with E-state index in [-0.39, 0.29) is 5.75 Å². The number of halogens is 2. The molecular formula is C7H8Cl2O6P2. The highest BCUT2D eigenvalue weighted by Gasteiger charge is 2.61. The molecule has 10 heteroatoms. The highest BCUT2D eigenvalue weighted by molar-refractivity contribution is 7.79. The Morgan fingerprint density at radius 1 is 1.06 bits per heavy atom. The maximum atomic E-state index is 11.6. The molecule has 1 unspecified atom stereocenters. The van der Waals surface area contributed by atoms with Gasteiger partial charge >= 0.3 is 19.0 Å². The fourth-order valence-electron chi connectivity index (χ4n) is 0.844. The summed E-state index contributed by atoms with van der Waals surface area (Å²) < 4.78 is 23.9. The van der Waals surface area contributed by atoms with Crippen LogP contribution in [0.3, 0.4) is 0 Å². The van der Waals surface area contributed by atoms with Crippen molar-refractivity contribution in [3.8, 4) is 5.75 Å². The smallest absolute Gasteiger partial charge is 0.422 e. The van der Waals surface area contributed by atoms with Gasteiger partial charge in [-0.15, -0.1) is 0 Å². The van der Waals surface area contributed by atoms with Gasteiger partial charge in [0.1, 0.15) is 5.75 Å². The monoisotopic (exact) mass is 320 g/mol. The molecule has 6 nitrogen and oxygen atoms in total. The summed E-state index contributed by atoms with van der Waals surface area (Å²) in [4.78, 5) is 27.0. The molecular weight excluding hydrogens is 313 g/mol. The van der Waals surface area contributed by atoms with Gasteiger partial charge in [-0.1, -0.05) is 41.4 Å². The summed E-state index contributed by atoms with van der Waals surface area (Å²) >= 11 is 10.4. The predicted molar refractivity (Wildman–Crippen MR) is 63.4 cm³/mol. The first kappa shape index (κ1) is 15.0. The second-order valence-electron chi connectivity index (χ2n) is 2.98. The van der Waals surface area contributed by atoms with Crippen molar-refractivity contribution in [3.05, 3.63) is 30.3 Å². The zero-order valence-corrected chi connectivity index (χ0v) is 11.4. The Balaban J connectivity index is 3.05. The lowest BCUT2D eigenvalue weighted by molar-refractivity contribution is 0.349. The molecule has 0 radical (unpaired) electrons. The molecule has 17 heavy (non-hydrogen) atoms. The van der Waals surface area contributed by atoms with Crippen LogP contribution in [0.4, 0.5) is 0 Å². The number of benzene rings is 1. The summed E-state index contributed by atoms with van der Waals surface area (Å²) in [5.74, 6) is -0.0857. The van der Waals surface area contributed by atoms with Crippen LogP contribution in [-0.2, 0) is 9.13 Å². The Bertz CT molecular complexity index is 484. The summed E-state index contributed by atoms with van der Waals surface area (Å²) in [5, 5.41) is 0. The van der Waals surface area contributed by atoms with E-state index in [4.69, 9.17) is 33.0 Å². The summed E-state index contributed by atoms with van der Waals surface area (Å²) in [6, 6.07) is 7.24. The normalized spacial score (nSPS) is 16.3. The van der Waals surface area contributed by atoms with Crippen molar-refractivity contribution >= 4 is 38.4 Å². The van der Waals surface area contributed by atoms with Gasteiger partial charge < -0.3 is 19.2 Å². The molecule has 0 aromatic heterocycles. The Morgan fingerprint density at radius 3 is 1.94 bits per heavy atom. The van der Waals surface area contributed by atoms with Crippen LogP contribution in [0.1, 0.15) is 0 Å². The van der Waals surface area contributed by atoms with Crippen molar-refractivity contribution in [2.24, 2.45) is 0 Å². The Kier molecular flexibility index (Phi) is 4.33. The number of para-hydroxylation sites is 1. The average Bonchev–Trinajstić information content (AvgIpc) is 2.16. The minimum absolute atomic E-state index is 0.0857. The largest absolute Gasteiger partial charge is 0.425 e. The Hall–Kier alpha value is -0.0600. The van der Waals surface area contributed by atoms with E-state index >= 15 is 0 Å². The quantitative estimate of drug-likeness (QED) is 0.581. The molecule has 1 aromatic carbocycles. The van der Waals surface area contributed by atoms with Crippen molar-refractivity contribution < 1.29 is 28.3 Å². The van der Waals surface area contributed by atoms with E-state index in [1.807, 2.05) is 0 Å². The van der Waals surface area contributed by atoms with E-state index in [1.165, 1.54) is 24.3 Å². The first-order chi connectivity index (χ1) is 7.58. The molecule has 0 bridgehead atoms. The molecule has 0 spiro atoms. The summed E-state index contributed by atoms with van der Waals surface area (Å²) in [6.45, 7) is 0. The number of alkyl halides is 2. The lowest BCUT2D eigenvalue weighted by Crippen LogP contribution is -2.17. The summed E-state index contributed by atoms with van der Waals surface area (Å²) in [7, 11) is -10.2. The van der Waals surface area contributed by atoms with Crippen LogP contribution in [0.2, 0.25) is 0 Å². The zero-order valence-electron chi connectivity index (χ0n) is 8.10. The fraction of sp³-hybridized carbons (Fsp3) is 0.143. The molecule has 0 saturated carbocycles. The van der Waals surface area contributed by atoms with Gasteiger partial charge in [0.2, 0.25) is 0 Å². The molecule has 0 fully saturated rings. The maximum Gasteiger partial charge on any atom is 0.425 e. The molecule has 1 atom stereocenters. The van der Waals surface area contributed by atoms with E-state index in [9.17, 15) is 14.0 Å². The van der Waals surface area contributed by atoms with Crippen molar-refractivity contribution in [2.75, 3.05) is 0 Å². The van der Waals surface area contributed by atoms with Crippen LogP contribution in [0.15, 0.2) is 30.3 Å². The van der Waals surface area contributed by atoms with Gasteiger partial charge in [-0.05, 0) is 12.1 Å². The molecule has 0 aliphatic heterocycles. The minimum Gasteiger partial charge on any atom is -0.422 e. The first-order valence-electron chi connectivity index (χ1n) is 4.09. The van der Waals surface area contributed by atoms with E-state index in [1.54, 1.807) is 6.07 Å². The van der Waals surface area contributed by atoms with Gasteiger partial charge in [-0.25, -0.2) is 4.57 Å². The summed E-state index contributed by atoms with van der Waals surface area (Å²) in [5.41, 5.74) is 0. The maximum absolute atomic E-state index is 11.6. The van der Waals surface area contributed by atoms with Crippen molar-refractivity contribution in [2.45, 2.75) is 3.82 Å². The van der Waals surface area contributed by atoms with Crippen LogP contribution in [-0.4, -0.2) is 18.5 Å². The Labute approximate surface area is 107 Å². The van der Waals surface area contributed by atoms with Gasteiger partial charge in [0.25, 0.3) is 0 Å². The van der Waals surface area contributed by atoms with Crippen LogP contribution in [0, 0.1) is 0 Å². The first-order valence-corrected chi connectivity index (χ1v) is 8.03.